The summed E-state index contributed by atoms with van der Waals surface area (Å²) in [5, 5.41) is 6.64. The SMILES string of the molecule is CNc1nc(-c2ccc(SC)cc2)nc(SC)c1C(=O)Nc1ccc(SC)cc1. The van der Waals surface area contributed by atoms with Gasteiger partial charge in [0.05, 0.1) is 0 Å². The molecule has 0 aliphatic rings. The summed E-state index contributed by atoms with van der Waals surface area (Å²) in [4.78, 5) is 24.6. The first-order chi connectivity index (χ1) is 14.1. The summed E-state index contributed by atoms with van der Waals surface area (Å²) in [5.41, 5.74) is 2.09. The van der Waals surface area contributed by atoms with Crippen molar-refractivity contribution < 1.29 is 4.79 Å². The van der Waals surface area contributed by atoms with E-state index in [9.17, 15) is 4.79 Å². The minimum absolute atomic E-state index is 0.236. The van der Waals surface area contributed by atoms with E-state index in [4.69, 9.17) is 0 Å². The summed E-state index contributed by atoms with van der Waals surface area (Å²) in [6, 6.07) is 15.8. The third-order valence-electron chi connectivity index (χ3n) is 4.23. The zero-order valence-corrected chi connectivity index (χ0v) is 19.1. The normalized spacial score (nSPS) is 10.6. The number of benzene rings is 2. The molecule has 150 valence electrons. The highest BCUT2D eigenvalue weighted by atomic mass is 32.2. The zero-order valence-electron chi connectivity index (χ0n) is 16.6. The second kappa shape index (κ2) is 10.0. The number of rotatable bonds is 7. The van der Waals surface area contributed by atoms with E-state index in [1.165, 1.54) is 16.7 Å². The van der Waals surface area contributed by atoms with Crippen molar-refractivity contribution in [1.82, 2.24) is 9.97 Å². The van der Waals surface area contributed by atoms with E-state index in [1.54, 1.807) is 30.6 Å². The molecule has 1 amide bonds. The monoisotopic (exact) mass is 442 g/mol. The Morgan fingerprint density at radius 2 is 1.41 bits per heavy atom. The van der Waals surface area contributed by atoms with Crippen molar-refractivity contribution in [1.29, 1.82) is 0 Å². The Bertz CT molecular complexity index is 967. The standard InChI is InChI=1S/C21H22N4OS3/c1-22-19-17(20(26)23-14-7-11-16(28-3)12-8-14)21(29-4)25-18(24-19)13-5-9-15(27-2)10-6-13/h5-12H,1-4H3,(H,23,26)(H,22,24,25). The number of hydrogen-bond donors (Lipinski definition) is 2. The smallest absolute Gasteiger partial charge is 0.262 e. The average molecular weight is 443 g/mol. The Morgan fingerprint density at radius 1 is 0.828 bits per heavy atom. The van der Waals surface area contributed by atoms with Crippen molar-refractivity contribution in [2.45, 2.75) is 14.8 Å². The molecule has 0 aliphatic heterocycles. The summed E-state index contributed by atoms with van der Waals surface area (Å²) in [6.07, 6.45) is 5.97. The van der Waals surface area contributed by atoms with Crippen LogP contribution in [-0.4, -0.2) is 41.7 Å². The molecular weight excluding hydrogens is 420 g/mol. The summed E-state index contributed by atoms with van der Waals surface area (Å²) >= 11 is 4.77. The third kappa shape index (κ3) is 5.07. The molecule has 1 aromatic heterocycles. The predicted octanol–water partition coefficient (Wildman–Crippen LogP) is 5.60. The molecule has 29 heavy (non-hydrogen) atoms. The molecule has 2 aromatic carbocycles. The highest BCUT2D eigenvalue weighted by molar-refractivity contribution is 7.99. The van der Waals surface area contributed by atoms with Gasteiger partial charge in [0.2, 0.25) is 0 Å². The summed E-state index contributed by atoms with van der Waals surface area (Å²) in [6.45, 7) is 0. The van der Waals surface area contributed by atoms with Crippen molar-refractivity contribution in [2.75, 3.05) is 36.4 Å². The zero-order chi connectivity index (χ0) is 20.8. The van der Waals surface area contributed by atoms with Gasteiger partial charge in [-0.3, -0.25) is 4.79 Å². The molecule has 0 fully saturated rings. The lowest BCUT2D eigenvalue weighted by Crippen LogP contribution is -2.17. The quantitative estimate of drug-likeness (QED) is 0.364. The van der Waals surface area contributed by atoms with Gasteiger partial charge < -0.3 is 10.6 Å². The van der Waals surface area contributed by atoms with E-state index in [1.807, 2.05) is 67.3 Å². The fourth-order valence-corrected chi connectivity index (χ4v) is 4.10. The van der Waals surface area contributed by atoms with Gasteiger partial charge in [0.15, 0.2) is 5.82 Å². The Balaban J connectivity index is 1.95. The molecule has 1 heterocycles. The van der Waals surface area contributed by atoms with Gasteiger partial charge in [0, 0.05) is 28.1 Å². The van der Waals surface area contributed by atoms with Crippen LogP contribution in [0.15, 0.2) is 63.3 Å². The molecule has 0 radical (unpaired) electrons. The van der Waals surface area contributed by atoms with Gasteiger partial charge in [0.25, 0.3) is 5.91 Å². The van der Waals surface area contributed by atoms with E-state index >= 15 is 0 Å². The Morgan fingerprint density at radius 3 is 1.93 bits per heavy atom. The lowest BCUT2D eigenvalue weighted by molar-refractivity contribution is 0.102. The van der Waals surface area contributed by atoms with Crippen LogP contribution in [0.25, 0.3) is 11.4 Å². The van der Waals surface area contributed by atoms with Gasteiger partial charge in [-0.05, 0) is 55.2 Å². The third-order valence-corrected chi connectivity index (χ3v) is 6.40. The first-order valence-electron chi connectivity index (χ1n) is 8.83. The largest absolute Gasteiger partial charge is 0.372 e. The highest BCUT2D eigenvalue weighted by Crippen LogP contribution is 2.29. The lowest BCUT2D eigenvalue weighted by atomic mass is 10.2. The topological polar surface area (TPSA) is 66.9 Å². The van der Waals surface area contributed by atoms with Gasteiger partial charge >= 0.3 is 0 Å². The first-order valence-corrected chi connectivity index (χ1v) is 12.5. The number of thioether (sulfide) groups is 3. The predicted molar refractivity (Wildman–Crippen MR) is 127 cm³/mol. The van der Waals surface area contributed by atoms with E-state index < -0.39 is 0 Å². The maximum Gasteiger partial charge on any atom is 0.262 e. The van der Waals surface area contributed by atoms with Crippen LogP contribution in [0.2, 0.25) is 0 Å². The molecule has 0 spiro atoms. The molecule has 3 rings (SSSR count). The fraction of sp³-hybridized carbons (Fsp3) is 0.190. The first kappa shape index (κ1) is 21.5. The molecule has 0 atom stereocenters. The van der Waals surface area contributed by atoms with Crippen LogP contribution in [0.4, 0.5) is 11.5 Å². The summed E-state index contributed by atoms with van der Waals surface area (Å²) in [5.74, 6) is 0.860. The molecule has 3 aromatic rings. The number of anilines is 2. The van der Waals surface area contributed by atoms with Gasteiger partial charge in [-0.25, -0.2) is 9.97 Å². The van der Waals surface area contributed by atoms with Gasteiger partial charge in [-0.15, -0.1) is 35.3 Å². The van der Waals surface area contributed by atoms with Crippen molar-refractivity contribution >= 4 is 52.7 Å². The maximum atomic E-state index is 13.0. The summed E-state index contributed by atoms with van der Waals surface area (Å²) < 4.78 is 0. The number of hydrogen-bond acceptors (Lipinski definition) is 7. The van der Waals surface area contributed by atoms with Crippen LogP contribution < -0.4 is 10.6 Å². The molecule has 0 bridgehead atoms. The molecule has 0 saturated heterocycles. The van der Waals surface area contributed by atoms with Crippen molar-refractivity contribution in [2.24, 2.45) is 0 Å². The van der Waals surface area contributed by atoms with Crippen LogP contribution in [0.3, 0.4) is 0 Å². The highest BCUT2D eigenvalue weighted by Gasteiger charge is 2.21. The van der Waals surface area contributed by atoms with E-state index in [-0.39, 0.29) is 5.91 Å². The minimum atomic E-state index is -0.236. The number of aromatic nitrogens is 2. The van der Waals surface area contributed by atoms with Gasteiger partial charge in [-0.2, -0.15) is 0 Å². The van der Waals surface area contributed by atoms with Crippen molar-refractivity contribution in [3.05, 3.63) is 54.1 Å². The average Bonchev–Trinajstić information content (AvgIpc) is 2.78. The van der Waals surface area contributed by atoms with Crippen LogP contribution in [0.1, 0.15) is 10.4 Å². The van der Waals surface area contributed by atoms with Crippen LogP contribution in [-0.2, 0) is 0 Å². The Kier molecular flexibility index (Phi) is 7.46. The molecule has 0 unspecified atom stereocenters. The second-order valence-corrected chi connectivity index (χ2v) is 8.50. The van der Waals surface area contributed by atoms with Crippen LogP contribution in [0, 0.1) is 0 Å². The number of amides is 1. The van der Waals surface area contributed by atoms with Crippen molar-refractivity contribution in [3.63, 3.8) is 0 Å². The van der Waals surface area contributed by atoms with E-state index in [0.29, 0.717) is 22.2 Å². The van der Waals surface area contributed by atoms with Crippen LogP contribution >= 0.6 is 35.3 Å². The molecule has 0 saturated carbocycles. The van der Waals surface area contributed by atoms with E-state index in [0.717, 1.165) is 16.1 Å². The second-order valence-electron chi connectivity index (χ2n) is 5.94. The number of carbonyl (C=O) groups excluding carboxylic acids is 1. The Labute approximate surface area is 183 Å². The number of nitrogens with zero attached hydrogens (tertiary/aromatic N) is 2. The fourth-order valence-electron chi connectivity index (χ4n) is 2.71. The molecule has 8 heteroatoms. The number of carbonyl (C=O) groups is 1. The molecule has 5 nitrogen and oxygen atoms in total. The summed E-state index contributed by atoms with van der Waals surface area (Å²) in [7, 11) is 1.76. The van der Waals surface area contributed by atoms with Gasteiger partial charge in [0.1, 0.15) is 16.4 Å². The molecule has 0 aliphatic carbocycles. The minimum Gasteiger partial charge on any atom is -0.372 e. The van der Waals surface area contributed by atoms with Gasteiger partial charge in [-0.1, -0.05) is 12.1 Å². The van der Waals surface area contributed by atoms with Crippen LogP contribution in [0.5, 0.6) is 0 Å². The van der Waals surface area contributed by atoms with Crippen molar-refractivity contribution in [3.8, 4) is 11.4 Å². The molecule has 2 N–H and O–H groups in total. The lowest BCUT2D eigenvalue weighted by Gasteiger charge is -2.14. The Hall–Kier alpha value is -2.16. The molecular formula is C21H22N4OS3. The number of nitrogens with one attached hydrogen (secondary N) is 2. The maximum absolute atomic E-state index is 13.0. The van der Waals surface area contributed by atoms with E-state index in [2.05, 4.69) is 20.6 Å².